The van der Waals surface area contributed by atoms with Crippen molar-refractivity contribution in [2.75, 3.05) is 25.7 Å². The number of carbonyl (C=O) groups excluding carboxylic acids is 1. The number of thiazole rings is 1. The van der Waals surface area contributed by atoms with E-state index < -0.39 is 0 Å². The first-order valence-electron chi connectivity index (χ1n) is 7.70. The third kappa shape index (κ3) is 3.47. The second kappa shape index (κ2) is 7.00. The van der Waals surface area contributed by atoms with Crippen molar-refractivity contribution in [1.82, 2.24) is 4.98 Å². The summed E-state index contributed by atoms with van der Waals surface area (Å²) in [5, 5.41) is 0.755. The fraction of sp³-hybridized carbons (Fsp3) is 0.412. The molecule has 0 saturated carbocycles. The van der Waals surface area contributed by atoms with E-state index in [0.29, 0.717) is 11.5 Å². The Morgan fingerprint density at radius 2 is 2.00 bits per heavy atom. The average molecular weight is 332 g/mol. The summed E-state index contributed by atoms with van der Waals surface area (Å²) in [4.78, 5) is 19.9. The highest BCUT2D eigenvalue weighted by atomic mass is 32.1. The summed E-state index contributed by atoms with van der Waals surface area (Å²) in [6.45, 7) is -0.0406. The molecule has 6 heteroatoms. The number of amides is 1. The highest BCUT2D eigenvalue weighted by Gasteiger charge is 2.20. The van der Waals surface area contributed by atoms with E-state index in [1.54, 1.807) is 42.5 Å². The molecule has 3 rings (SSSR count). The van der Waals surface area contributed by atoms with Gasteiger partial charge in [0, 0.05) is 11.9 Å². The molecule has 0 N–H and O–H groups in total. The number of aromatic nitrogens is 1. The van der Waals surface area contributed by atoms with Gasteiger partial charge in [0.05, 0.1) is 12.8 Å². The first-order valence-corrected chi connectivity index (χ1v) is 8.51. The lowest BCUT2D eigenvalue weighted by atomic mass is 10.0. The topological polar surface area (TPSA) is 51.7 Å². The van der Waals surface area contributed by atoms with Crippen molar-refractivity contribution in [3.63, 3.8) is 0 Å². The molecule has 5 nitrogen and oxygen atoms in total. The molecule has 1 amide bonds. The maximum Gasteiger partial charge on any atom is 0.266 e. The molecule has 2 aromatic rings. The van der Waals surface area contributed by atoms with E-state index in [4.69, 9.17) is 9.47 Å². The molecular formula is C17H20N2O3S. The van der Waals surface area contributed by atoms with Gasteiger partial charge < -0.3 is 9.47 Å². The summed E-state index contributed by atoms with van der Waals surface area (Å²) in [6, 6.07) is 7.30. The lowest BCUT2D eigenvalue weighted by Crippen LogP contribution is -2.31. The third-order valence-electron chi connectivity index (χ3n) is 3.92. The summed E-state index contributed by atoms with van der Waals surface area (Å²) in [5.41, 5.74) is 1.15. The predicted octanol–water partition coefficient (Wildman–Crippen LogP) is 3.07. The van der Waals surface area contributed by atoms with Crippen LogP contribution in [0, 0.1) is 0 Å². The van der Waals surface area contributed by atoms with Crippen LogP contribution in [-0.2, 0) is 17.6 Å². The summed E-state index contributed by atoms with van der Waals surface area (Å²) in [7, 11) is 3.33. The van der Waals surface area contributed by atoms with Gasteiger partial charge in [0.15, 0.2) is 23.2 Å². The summed E-state index contributed by atoms with van der Waals surface area (Å²) in [5.74, 6) is 1.06. The smallest absolute Gasteiger partial charge is 0.266 e. The Hall–Kier alpha value is -2.08. The van der Waals surface area contributed by atoms with Gasteiger partial charge in [0.1, 0.15) is 0 Å². The Kier molecular flexibility index (Phi) is 4.81. The largest absolute Gasteiger partial charge is 0.493 e. The molecule has 1 aromatic carbocycles. The van der Waals surface area contributed by atoms with Gasteiger partial charge in [-0.15, -0.1) is 11.3 Å². The van der Waals surface area contributed by atoms with Crippen molar-refractivity contribution in [2.45, 2.75) is 25.7 Å². The number of hydrogen-bond donors (Lipinski definition) is 0. The molecule has 0 fully saturated rings. The Balaban J connectivity index is 1.64. The first-order chi connectivity index (χ1) is 11.2. The van der Waals surface area contributed by atoms with Gasteiger partial charge in [0.25, 0.3) is 5.91 Å². The molecular weight excluding hydrogens is 312 g/mol. The Morgan fingerprint density at radius 1 is 1.26 bits per heavy atom. The van der Waals surface area contributed by atoms with Gasteiger partial charge in [-0.2, -0.15) is 0 Å². The van der Waals surface area contributed by atoms with Crippen LogP contribution >= 0.6 is 11.3 Å². The number of rotatable bonds is 5. The molecule has 1 aromatic heterocycles. The second-order valence-electron chi connectivity index (χ2n) is 5.47. The number of methoxy groups -OCH3 is 1. The fourth-order valence-electron chi connectivity index (χ4n) is 2.56. The van der Waals surface area contributed by atoms with Gasteiger partial charge in [0.2, 0.25) is 0 Å². The molecule has 23 heavy (non-hydrogen) atoms. The molecule has 0 radical (unpaired) electrons. The Bertz CT molecular complexity index is 675. The van der Waals surface area contributed by atoms with Crippen LogP contribution in [0.5, 0.6) is 11.5 Å². The maximum absolute atomic E-state index is 12.4. The maximum atomic E-state index is 12.4. The minimum Gasteiger partial charge on any atom is -0.493 e. The van der Waals surface area contributed by atoms with Crippen molar-refractivity contribution in [3.05, 3.63) is 34.8 Å². The number of benzene rings is 1. The number of fused-ring (bicyclic) bond motifs is 1. The predicted molar refractivity (Wildman–Crippen MR) is 90.7 cm³/mol. The molecule has 1 aliphatic rings. The van der Waals surface area contributed by atoms with Gasteiger partial charge in [-0.1, -0.05) is 12.1 Å². The zero-order chi connectivity index (χ0) is 16.2. The van der Waals surface area contributed by atoms with Crippen molar-refractivity contribution in [2.24, 2.45) is 0 Å². The van der Waals surface area contributed by atoms with Crippen LogP contribution in [-0.4, -0.2) is 31.7 Å². The average Bonchev–Trinajstić information content (AvgIpc) is 3.03. The fourth-order valence-corrected chi connectivity index (χ4v) is 3.69. The number of anilines is 1. The molecule has 0 bridgehead atoms. The van der Waals surface area contributed by atoms with E-state index in [-0.39, 0.29) is 12.5 Å². The van der Waals surface area contributed by atoms with E-state index in [1.165, 1.54) is 17.7 Å². The van der Waals surface area contributed by atoms with Crippen LogP contribution in [0.1, 0.15) is 23.4 Å². The van der Waals surface area contributed by atoms with E-state index in [1.807, 2.05) is 12.1 Å². The zero-order valence-corrected chi connectivity index (χ0v) is 14.2. The summed E-state index contributed by atoms with van der Waals surface area (Å²) in [6.07, 6.45) is 4.49. The molecule has 0 spiro atoms. The minimum absolute atomic E-state index is 0.0406. The molecule has 122 valence electrons. The molecule has 0 unspecified atom stereocenters. The number of nitrogens with zero attached hydrogens (tertiary/aromatic N) is 2. The Labute approximate surface area is 139 Å². The van der Waals surface area contributed by atoms with Crippen LogP contribution in [0.4, 0.5) is 5.13 Å². The van der Waals surface area contributed by atoms with Crippen molar-refractivity contribution < 1.29 is 14.3 Å². The van der Waals surface area contributed by atoms with E-state index in [0.717, 1.165) is 23.7 Å². The van der Waals surface area contributed by atoms with Crippen molar-refractivity contribution in [1.29, 1.82) is 0 Å². The molecule has 1 heterocycles. The van der Waals surface area contributed by atoms with Crippen LogP contribution in [0.3, 0.4) is 0 Å². The van der Waals surface area contributed by atoms with Gasteiger partial charge >= 0.3 is 0 Å². The van der Waals surface area contributed by atoms with Gasteiger partial charge in [-0.3, -0.25) is 9.69 Å². The van der Waals surface area contributed by atoms with Crippen LogP contribution < -0.4 is 14.4 Å². The van der Waals surface area contributed by atoms with Crippen LogP contribution in [0.25, 0.3) is 0 Å². The lowest BCUT2D eigenvalue weighted by molar-refractivity contribution is -0.120. The first kappa shape index (κ1) is 15.8. The number of likely N-dealkylation sites (N-methyl/N-ethyl adjacent to an activating group) is 1. The highest BCUT2D eigenvalue weighted by Crippen LogP contribution is 2.31. The zero-order valence-electron chi connectivity index (χ0n) is 13.4. The van der Waals surface area contributed by atoms with Crippen molar-refractivity contribution >= 4 is 22.4 Å². The number of aryl methyl sites for hydroxylation is 2. The van der Waals surface area contributed by atoms with Crippen LogP contribution in [0.2, 0.25) is 0 Å². The Morgan fingerprint density at radius 3 is 2.74 bits per heavy atom. The van der Waals surface area contributed by atoms with E-state index >= 15 is 0 Å². The highest BCUT2D eigenvalue weighted by molar-refractivity contribution is 7.15. The number of ether oxygens (including phenoxy) is 2. The minimum atomic E-state index is -0.123. The van der Waals surface area contributed by atoms with Crippen molar-refractivity contribution in [3.8, 4) is 11.5 Å². The lowest BCUT2D eigenvalue weighted by Gasteiger charge is -2.15. The summed E-state index contributed by atoms with van der Waals surface area (Å²) < 4.78 is 10.8. The third-order valence-corrected chi connectivity index (χ3v) is 5.15. The number of hydrogen-bond acceptors (Lipinski definition) is 5. The number of carbonyl (C=O) groups is 1. The summed E-state index contributed by atoms with van der Waals surface area (Å²) >= 11 is 1.61. The van der Waals surface area contributed by atoms with Gasteiger partial charge in [-0.25, -0.2) is 4.98 Å². The normalized spacial score (nSPS) is 13.3. The van der Waals surface area contributed by atoms with Crippen LogP contribution in [0.15, 0.2) is 24.3 Å². The standard InChI is InChI=1S/C17H20N2O3S/c1-19(17-18-12-7-3-6-10-15(12)23-17)16(20)11-22-14-9-5-4-8-13(14)21-2/h4-5,8-9H,3,6-7,10-11H2,1-2H3. The number of para-hydroxylation sites is 2. The second-order valence-corrected chi connectivity index (χ2v) is 6.53. The monoisotopic (exact) mass is 332 g/mol. The molecule has 0 saturated heterocycles. The molecule has 0 atom stereocenters. The van der Waals surface area contributed by atoms with Gasteiger partial charge in [-0.05, 0) is 37.8 Å². The van der Waals surface area contributed by atoms with E-state index in [2.05, 4.69) is 4.98 Å². The quantitative estimate of drug-likeness (QED) is 0.844. The van der Waals surface area contributed by atoms with E-state index in [9.17, 15) is 4.79 Å². The SMILES string of the molecule is COc1ccccc1OCC(=O)N(C)c1nc2c(s1)CCCC2. The molecule has 0 aliphatic heterocycles. The molecule has 1 aliphatic carbocycles.